The summed E-state index contributed by atoms with van der Waals surface area (Å²) in [5.41, 5.74) is 5.38. The third-order valence-corrected chi connectivity index (χ3v) is 3.75. The topological polar surface area (TPSA) is 64.4 Å². The Bertz CT molecular complexity index is 245. The zero-order valence-electron chi connectivity index (χ0n) is 9.84. The van der Waals surface area contributed by atoms with E-state index in [1.54, 1.807) is 0 Å². The molecule has 0 aromatic rings. The molecular weight excluding hydrogens is 204 g/mol. The zero-order valence-corrected chi connectivity index (χ0v) is 9.84. The molecule has 1 heterocycles. The molecular formula is C12H22N2O2. The summed E-state index contributed by atoms with van der Waals surface area (Å²) in [4.78, 5) is 11.8. The number of nitrogens with one attached hydrogen (secondary N) is 1. The zero-order chi connectivity index (χ0) is 11.4. The molecule has 4 nitrogen and oxygen atoms in total. The van der Waals surface area contributed by atoms with Gasteiger partial charge in [-0.15, -0.1) is 0 Å². The van der Waals surface area contributed by atoms with Gasteiger partial charge >= 0.3 is 0 Å². The maximum Gasteiger partial charge on any atom is 0.227 e. The SMILES string of the molecule is NCC1(C(=O)NCCC2CCCCO2)CC1. The molecule has 0 radical (unpaired) electrons. The molecule has 0 aromatic heterocycles. The van der Waals surface area contributed by atoms with Gasteiger partial charge in [0.2, 0.25) is 5.91 Å². The Morgan fingerprint density at radius 1 is 1.44 bits per heavy atom. The van der Waals surface area contributed by atoms with Gasteiger partial charge in [0, 0.05) is 19.7 Å². The highest BCUT2D eigenvalue weighted by molar-refractivity contribution is 5.85. The van der Waals surface area contributed by atoms with Crippen molar-refractivity contribution in [1.82, 2.24) is 5.32 Å². The van der Waals surface area contributed by atoms with Gasteiger partial charge in [-0.2, -0.15) is 0 Å². The maximum atomic E-state index is 11.8. The van der Waals surface area contributed by atoms with E-state index in [1.807, 2.05) is 0 Å². The van der Waals surface area contributed by atoms with Crippen molar-refractivity contribution in [3.63, 3.8) is 0 Å². The first-order chi connectivity index (χ1) is 7.77. The summed E-state index contributed by atoms with van der Waals surface area (Å²) in [5, 5.41) is 2.98. The Morgan fingerprint density at radius 2 is 2.25 bits per heavy atom. The van der Waals surface area contributed by atoms with Crippen molar-refractivity contribution in [3.8, 4) is 0 Å². The monoisotopic (exact) mass is 226 g/mol. The fourth-order valence-corrected chi connectivity index (χ4v) is 2.24. The van der Waals surface area contributed by atoms with Crippen molar-refractivity contribution < 1.29 is 9.53 Å². The smallest absolute Gasteiger partial charge is 0.227 e. The lowest BCUT2D eigenvalue weighted by Crippen LogP contribution is -2.38. The van der Waals surface area contributed by atoms with Crippen molar-refractivity contribution in [1.29, 1.82) is 0 Å². The second-order valence-electron chi connectivity index (χ2n) is 5.02. The molecule has 1 saturated carbocycles. The van der Waals surface area contributed by atoms with Crippen LogP contribution in [0.25, 0.3) is 0 Å². The fourth-order valence-electron chi connectivity index (χ4n) is 2.24. The van der Waals surface area contributed by atoms with E-state index >= 15 is 0 Å². The number of nitrogens with two attached hydrogens (primary N) is 1. The summed E-state index contributed by atoms with van der Waals surface area (Å²) in [6.07, 6.45) is 6.77. The summed E-state index contributed by atoms with van der Waals surface area (Å²) in [7, 11) is 0. The largest absolute Gasteiger partial charge is 0.378 e. The Hall–Kier alpha value is -0.610. The van der Waals surface area contributed by atoms with E-state index in [9.17, 15) is 4.79 Å². The third-order valence-electron chi connectivity index (χ3n) is 3.75. The Morgan fingerprint density at radius 3 is 2.81 bits per heavy atom. The maximum absolute atomic E-state index is 11.8. The van der Waals surface area contributed by atoms with E-state index in [0.717, 1.165) is 38.8 Å². The van der Waals surface area contributed by atoms with Crippen molar-refractivity contribution in [2.75, 3.05) is 19.7 Å². The molecule has 1 aliphatic heterocycles. The molecule has 1 aliphatic carbocycles. The van der Waals surface area contributed by atoms with Gasteiger partial charge in [0.25, 0.3) is 0 Å². The molecule has 4 heteroatoms. The highest BCUT2D eigenvalue weighted by atomic mass is 16.5. The molecule has 16 heavy (non-hydrogen) atoms. The first-order valence-corrected chi connectivity index (χ1v) is 6.37. The minimum Gasteiger partial charge on any atom is -0.378 e. The summed E-state index contributed by atoms with van der Waals surface area (Å²) in [6, 6.07) is 0. The normalized spacial score (nSPS) is 27.4. The highest BCUT2D eigenvalue weighted by Crippen LogP contribution is 2.44. The summed E-state index contributed by atoms with van der Waals surface area (Å²) < 4.78 is 5.61. The quantitative estimate of drug-likeness (QED) is 0.729. The van der Waals surface area contributed by atoms with Gasteiger partial charge < -0.3 is 15.8 Å². The number of carbonyl (C=O) groups excluding carboxylic acids is 1. The van der Waals surface area contributed by atoms with Crippen LogP contribution in [0.15, 0.2) is 0 Å². The van der Waals surface area contributed by atoms with Crippen molar-refractivity contribution in [2.45, 2.75) is 44.6 Å². The molecule has 1 saturated heterocycles. The van der Waals surface area contributed by atoms with Crippen molar-refractivity contribution >= 4 is 5.91 Å². The van der Waals surface area contributed by atoms with Gasteiger partial charge in [-0.05, 0) is 38.5 Å². The third kappa shape index (κ3) is 2.74. The lowest BCUT2D eigenvalue weighted by molar-refractivity contribution is -0.126. The molecule has 0 aromatic carbocycles. The van der Waals surface area contributed by atoms with Gasteiger partial charge in [0.15, 0.2) is 0 Å². The Labute approximate surface area is 96.9 Å². The van der Waals surface area contributed by atoms with Crippen LogP contribution in [0.4, 0.5) is 0 Å². The molecule has 3 N–H and O–H groups in total. The van der Waals surface area contributed by atoms with E-state index < -0.39 is 0 Å². The van der Waals surface area contributed by atoms with Crippen LogP contribution in [0.5, 0.6) is 0 Å². The standard InChI is InChI=1S/C12H22N2O2/c13-9-12(5-6-12)11(15)14-7-4-10-3-1-2-8-16-10/h10H,1-9,13H2,(H,14,15). The van der Waals surface area contributed by atoms with Crippen LogP contribution >= 0.6 is 0 Å². The van der Waals surface area contributed by atoms with Crippen LogP contribution in [-0.2, 0) is 9.53 Å². The molecule has 2 aliphatic rings. The molecule has 2 fully saturated rings. The van der Waals surface area contributed by atoms with Crippen LogP contribution in [0.2, 0.25) is 0 Å². The van der Waals surface area contributed by atoms with E-state index in [4.69, 9.17) is 10.5 Å². The first-order valence-electron chi connectivity index (χ1n) is 6.37. The average molecular weight is 226 g/mol. The molecule has 0 bridgehead atoms. The van der Waals surface area contributed by atoms with Crippen molar-refractivity contribution in [3.05, 3.63) is 0 Å². The van der Waals surface area contributed by atoms with Gasteiger partial charge in [-0.1, -0.05) is 0 Å². The molecule has 1 amide bonds. The number of hydrogen-bond donors (Lipinski definition) is 2. The number of carbonyl (C=O) groups is 1. The lowest BCUT2D eigenvalue weighted by atomic mass is 10.1. The van der Waals surface area contributed by atoms with Crippen LogP contribution in [-0.4, -0.2) is 31.7 Å². The number of hydrogen-bond acceptors (Lipinski definition) is 3. The predicted octanol–water partition coefficient (Wildman–Crippen LogP) is 0.801. The van der Waals surface area contributed by atoms with Crippen LogP contribution in [0, 0.1) is 5.41 Å². The second kappa shape index (κ2) is 5.15. The average Bonchev–Trinajstić information content (AvgIpc) is 3.11. The molecule has 92 valence electrons. The van der Waals surface area contributed by atoms with Crippen LogP contribution in [0.3, 0.4) is 0 Å². The summed E-state index contributed by atoms with van der Waals surface area (Å²) >= 11 is 0. The van der Waals surface area contributed by atoms with E-state index in [-0.39, 0.29) is 11.3 Å². The number of amides is 1. The van der Waals surface area contributed by atoms with E-state index in [2.05, 4.69) is 5.32 Å². The second-order valence-corrected chi connectivity index (χ2v) is 5.02. The predicted molar refractivity (Wildman–Crippen MR) is 61.9 cm³/mol. The minimum atomic E-state index is -0.215. The molecule has 0 spiro atoms. The van der Waals surface area contributed by atoms with E-state index in [0.29, 0.717) is 12.6 Å². The summed E-state index contributed by atoms with van der Waals surface area (Å²) in [5.74, 6) is 0.144. The first kappa shape index (κ1) is 11.9. The summed E-state index contributed by atoms with van der Waals surface area (Å²) in [6.45, 7) is 2.09. The van der Waals surface area contributed by atoms with Crippen LogP contribution in [0.1, 0.15) is 38.5 Å². The number of rotatable bonds is 5. The van der Waals surface area contributed by atoms with Gasteiger partial charge in [-0.3, -0.25) is 4.79 Å². The molecule has 2 rings (SSSR count). The van der Waals surface area contributed by atoms with Gasteiger partial charge in [0.05, 0.1) is 11.5 Å². The van der Waals surface area contributed by atoms with Gasteiger partial charge in [0.1, 0.15) is 0 Å². The van der Waals surface area contributed by atoms with Gasteiger partial charge in [-0.25, -0.2) is 0 Å². The molecule has 1 atom stereocenters. The Balaban J connectivity index is 1.62. The molecule has 1 unspecified atom stereocenters. The number of ether oxygens (including phenoxy) is 1. The highest BCUT2D eigenvalue weighted by Gasteiger charge is 2.48. The Kier molecular flexibility index (Phi) is 3.82. The fraction of sp³-hybridized carbons (Fsp3) is 0.917. The van der Waals surface area contributed by atoms with E-state index in [1.165, 1.54) is 12.8 Å². The van der Waals surface area contributed by atoms with Crippen LogP contribution < -0.4 is 11.1 Å². The van der Waals surface area contributed by atoms with Crippen molar-refractivity contribution in [2.24, 2.45) is 11.1 Å². The lowest BCUT2D eigenvalue weighted by Gasteiger charge is -2.23. The minimum absolute atomic E-state index is 0.144.